The number of hydrogen-bond donors (Lipinski definition) is 1. The molecule has 2 aromatic carbocycles. The Labute approximate surface area is 158 Å². The predicted octanol–water partition coefficient (Wildman–Crippen LogP) is 3.13. The first-order valence-corrected chi connectivity index (χ1v) is 9.04. The van der Waals surface area contributed by atoms with Crippen molar-refractivity contribution in [2.75, 3.05) is 25.5 Å². The predicted molar refractivity (Wildman–Crippen MR) is 103 cm³/mol. The maximum Gasteiger partial charge on any atom is 0.255 e. The molecule has 0 aliphatic carbocycles. The van der Waals surface area contributed by atoms with Crippen LogP contribution < -0.4 is 5.32 Å². The molecule has 2 amide bonds. The SMILES string of the molecule is CC(=O)N(C)C1CCN(Cc2cccc(C(=O)Nc3cccc(F)c3)c2)C1. The Bertz CT molecular complexity index is 840. The smallest absolute Gasteiger partial charge is 0.255 e. The number of likely N-dealkylation sites (N-methyl/N-ethyl adjacent to an activating group) is 1. The summed E-state index contributed by atoms with van der Waals surface area (Å²) in [5.74, 6) is -0.573. The lowest BCUT2D eigenvalue weighted by Gasteiger charge is -2.23. The fourth-order valence-electron chi connectivity index (χ4n) is 3.37. The highest BCUT2D eigenvalue weighted by atomic mass is 19.1. The number of amides is 2. The highest BCUT2D eigenvalue weighted by Crippen LogP contribution is 2.18. The van der Waals surface area contributed by atoms with E-state index in [1.165, 1.54) is 12.1 Å². The number of nitrogens with one attached hydrogen (secondary N) is 1. The van der Waals surface area contributed by atoms with Gasteiger partial charge < -0.3 is 10.2 Å². The Hall–Kier alpha value is -2.73. The summed E-state index contributed by atoms with van der Waals surface area (Å²) in [5.41, 5.74) is 2.00. The van der Waals surface area contributed by atoms with E-state index in [0.29, 0.717) is 11.3 Å². The molecule has 1 atom stereocenters. The number of carbonyl (C=O) groups is 2. The molecule has 0 bridgehead atoms. The number of carbonyl (C=O) groups excluding carboxylic acids is 2. The summed E-state index contributed by atoms with van der Waals surface area (Å²) >= 11 is 0. The molecule has 0 saturated carbocycles. The number of likely N-dealkylation sites (tertiary alicyclic amines) is 1. The number of halogens is 1. The number of anilines is 1. The number of rotatable bonds is 5. The zero-order valence-electron chi connectivity index (χ0n) is 15.6. The van der Waals surface area contributed by atoms with Gasteiger partial charge in [-0.3, -0.25) is 14.5 Å². The van der Waals surface area contributed by atoms with E-state index >= 15 is 0 Å². The van der Waals surface area contributed by atoms with Crippen LogP contribution in [0.2, 0.25) is 0 Å². The molecule has 3 rings (SSSR count). The van der Waals surface area contributed by atoms with Crippen molar-refractivity contribution >= 4 is 17.5 Å². The maximum atomic E-state index is 13.3. The van der Waals surface area contributed by atoms with E-state index in [2.05, 4.69) is 10.2 Å². The standard InChI is InChI=1S/C21H24FN3O2/c1-15(26)24(2)20-9-10-25(14-20)13-16-5-3-6-17(11-16)21(27)23-19-8-4-7-18(22)12-19/h3-8,11-12,20H,9-10,13-14H2,1-2H3,(H,23,27). The first-order valence-electron chi connectivity index (χ1n) is 9.04. The minimum Gasteiger partial charge on any atom is -0.342 e. The Morgan fingerprint density at radius 1 is 1.22 bits per heavy atom. The van der Waals surface area contributed by atoms with Gasteiger partial charge in [0.15, 0.2) is 0 Å². The third-order valence-corrected chi connectivity index (χ3v) is 4.97. The van der Waals surface area contributed by atoms with Gasteiger partial charge >= 0.3 is 0 Å². The van der Waals surface area contributed by atoms with E-state index in [1.807, 2.05) is 25.2 Å². The van der Waals surface area contributed by atoms with Gasteiger partial charge in [0.25, 0.3) is 5.91 Å². The van der Waals surface area contributed by atoms with Gasteiger partial charge in [0.1, 0.15) is 5.82 Å². The zero-order valence-corrected chi connectivity index (χ0v) is 15.6. The molecule has 1 fully saturated rings. The fraction of sp³-hybridized carbons (Fsp3) is 0.333. The van der Waals surface area contributed by atoms with E-state index in [-0.39, 0.29) is 23.7 Å². The Morgan fingerprint density at radius 3 is 2.74 bits per heavy atom. The summed E-state index contributed by atoms with van der Waals surface area (Å²) in [7, 11) is 1.84. The molecule has 1 saturated heterocycles. The number of nitrogens with zero attached hydrogens (tertiary/aromatic N) is 2. The molecular formula is C21H24FN3O2. The van der Waals surface area contributed by atoms with Crippen LogP contribution in [0, 0.1) is 5.82 Å². The van der Waals surface area contributed by atoms with Gasteiger partial charge in [0, 0.05) is 50.9 Å². The molecule has 1 unspecified atom stereocenters. The quantitative estimate of drug-likeness (QED) is 0.881. The Kier molecular flexibility index (Phi) is 5.86. The van der Waals surface area contributed by atoms with Crippen LogP contribution in [-0.2, 0) is 11.3 Å². The Morgan fingerprint density at radius 2 is 2.00 bits per heavy atom. The first-order chi connectivity index (χ1) is 12.9. The van der Waals surface area contributed by atoms with Crippen molar-refractivity contribution in [3.05, 3.63) is 65.5 Å². The van der Waals surface area contributed by atoms with Crippen LogP contribution in [0.25, 0.3) is 0 Å². The van der Waals surface area contributed by atoms with Gasteiger partial charge in [-0.2, -0.15) is 0 Å². The molecule has 1 heterocycles. The van der Waals surface area contributed by atoms with Crippen LogP contribution >= 0.6 is 0 Å². The van der Waals surface area contributed by atoms with Crippen LogP contribution in [0.4, 0.5) is 10.1 Å². The van der Waals surface area contributed by atoms with Crippen molar-refractivity contribution in [3.63, 3.8) is 0 Å². The second-order valence-electron chi connectivity index (χ2n) is 6.97. The summed E-state index contributed by atoms with van der Waals surface area (Å²) in [6.45, 7) is 4.06. The minimum absolute atomic E-state index is 0.0814. The van der Waals surface area contributed by atoms with E-state index in [0.717, 1.165) is 31.6 Å². The van der Waals surface area contributed by atoms with Gasteiger partial charge in [-0.15, -0.1) is 0 Å². The van der Waals surface area contributed by atoms with Crippen LogP contribution in [0.15, 0.2) is 48.5 Å². The maximum absolute atomic E-state index is 13.3. The van der Waals surface area contributed by atoms with Gasteiger partial charge in [-0.05, 0) is 42.3 Å². The van der Waals surface area contributed by atoms with Crippen molar-refractivity contribution in [3.8, 4) is 0 Å². The molecule has 0 aromatic heterocycles. The van der Waals surface area contributed by atoms with Crippen LogP contribution in [0.3, 0.4) is 0 Å². The average molecular weight is 369 g/mol. The van der Waals surface area contributed by atoms with Crippen LogP contribution in [-0.4, -0.2) is 47.8 Å². The van der Waals surface area contributed by atoms with E-state index in [4.69, 9.17) is 0 Å². The van der Waals surface area contributed by atoms with Crippen molar-refractivity contribution in [1.29, 1.82) is 0 Å². The van der Waals surface area contributed by atoms with E-state index < -0.39 is 0 Å². The van der Waals surface area contributed by atoms with Gasteiger partial charge in [-0.1, -0.05) is 18.2 Å². The molecule has 0 radical (unpaired) electrons. The molecule has 1 aliphatic heterocycles. The summed E-state index contributed by atoms with van der Waals surface area (Å²) in [6, 6.07) is 13.5. The number of hydrogen-bond acceptors (Lipinski definition) is 3. The van der Waals surface area contributed by atoms with E-state index in [1.54, 1.807) is 30.0 Å². The molecule has 1 aliphatic rings. The molecule has 0 spiro atoms. The van der Waals surface area contributed by atoms with E-state index in [9.17, 15) is 14.0 Å². The lowest BCUT2D eigenvalue weighted by molar-refractivity contribution is -0.129. The molecule has 142 valence electrons. The first kappa shape index (κ1) is 19.0. The topological polar surface area (TPSA) is 52.7 Å². The third-order valence-electron chi connectivity index (χ3n) is 4.97. The third kappa shape index (κ3) is 4.92. The number of benzene rings is 2. The molecule has 2 aromatic rings. The summed E-state index contributed by atoms with van der Waals surface area (Å²) in [4.78, 5) is 28.0. The zero-order chi connectivity index (χ0) is 19.4. The Balaban J connectivity index is 1.62. The largest absolute Gasteiger partial charge is 0.342 e. The van der Waals surface area contributed by atoms with Gasteiger partial charge in [-0.25, -0.2) is 4.39 Å². The fourth-order valence-corrected chi connectivity index (χ4v) is 3.37. The second-order valence-corrected chi connectivity index (χ2v) is 6.97. The summed E-state index contributed by atoms with van der Waals surface area (Å²) in [6.07, 6.45) is 0.954. The molecule has 27 heavy (non-hydrogen) atoms. The molecular weight excluding hydrogens is 345 g/mol. The average Bonchev–Trinajstić information content (AvgIpc) is 3.09. The van der Waals surface area contributed by atoms with Crippen molar-refractivity contribution < 1.29 is 14.0 Å². The van der Waals surface area contributed by atoms with Crippen molar-refractivity contribution in [1.82, 2.24) is 9.80 Å². The normalized spacial score (nSPS) is 16.9. The van der Waals surface area contributed by atoms with Crippen LogP contribution in [0.1, 0.15) is 29.3 Å². The highest BCUT2D eigenvalue weighted by molar-refractivity contribution is 6.04. The minimum atomic E-state index is -0.388. The van der Waals surface area contributed by atoms with Crippen LogP contribution in [0.5, 0.6) is 0 Å². The lowest BCUT2D eigenvalue weighted by Crippen LogP contribution is -2.37. The summed E-state index contributed by atoms with van der Waals surface area (Å²) < 4.78 is 13.3. The molecule has 6 heteroatoms. The second kappa shape index (κ2) is 8.31. The summed E-state index contributed by atoms with van der Waals surface area (Å²) in [5, 5.41) is 2.72. The molecule has 1 N–H and O–H groups in total. The van der Waals surface area contributed by atoms with Crippen molar-refractivity contribution in [2.45, 2.75) is 25.9 Å². The highest BCUT2D eigenvalue weighted by Gasteiger charge is 2.26. The van der Waals surface area contributed by atoms with Crippen molar-refractivity contribution in [2.24, 2.45) is 0 Å². The van der Waals surface area contributed by atoms with Gasteiger partial charge in [0.2, 0.25) is 5.91 Å². The monoisotopic (exact) mass is 369 g/mol. The molecule has 5 nitrogen and oxygen atoms in total. The van der Waals surface area contributed by atoms with Gasteiger partial charge in [0.05, 0.1) is 0 Å². The lowest BCUT2D eigenvalue weighted by atomic mass is 10.1.